The predicted molar refractivity (Wildman–Crippen MR) is 109 cm³/mol. The van der Waals surface area contributed by atoms with Gasteiger partial charge in [0.1, 0.15) is 17.2 Å². The lowest BCUT2D eigenvalue weighted by Crippen LogP contribution is -2.02. The van der Waals surface area contributed by atoms with E-state index in [-0.39, 0.29) is 5.75 Å². The quantitative estimate of drug-likeness (QED) is 0.410. The zero-order valence-electron chi connectivity index (χ0n) is 15.5. The van der Waals surface area contributed by atoms with Gasteiger partial charge in [0.05, 0.1) is 0 Å². The van der Waals surface area contributed by atoms with Crippen LogP contribution in [0.15, 0.2) is 62.9 Å². The number of thioether (sulfide) groups is 1. The van der Waals surface area contributed by atoms with Crippen LogP contribution in [0.3, 0.4) is 0 Å². The highest BCUT2D eigenvalue weighted by Crippen LogP contribution is 2.30. The molecule has 2 aromatic heterocycles. The lowest BCUT2D eigenvalue weighted by atomic mass is 10.1. The molecule has 0 radical (unpaired) electrons. The van der Waals surface area contributed by atoms with Crippen molar-refractivity contribution < 1.29 is 9.52 Å². The monoisotopic (exact) mass is 393 g/mol. The molecule has 0 atom stereocenters. The third-order valence-electron chi connectivity index (χ3n) is 4.70. The second kappa shape index (κ2) is 7.52. The lowest BCUT2D eigenvalue weighted by molar-refractivity contribution is 0.468. The number of phenols is 1. The number of fused-ring (bicyclic) bond motifs is 1. The predicted octanol–water partition coefficient (Wildman–Crippen LogP) is 3.82. The first-order valence-corrected chi connectivity index (χ1v) is 9.82. The number of phenolic OH excluding ortho intramolecular Hbond substituents is 1. The molecule has 6 nitrogen and oxygen atoms in total. The maximum atomic E-state index is 12.0. The maximum Gasteiger partial charge on any atom is 0.336 e. The van der Waals surface area contributed by atoms with E-state index in [0.29, 0.717) is 23.3 Å². The fourth-order valence-electron chi connectivity index (χ4n) is 3.08. The lowest BCUT2D eigenvalue weighted by Gasteiger charge is -2.08. The van der Waals surface area contributed by atoms with Gasteiger partial charge in [0.25, 0.3) is 0 Å². The number of nitrogens with zero attached hydrogens (tertiary/aromatic N) is 3. The molecule has 0 aliphatic heterocycles. The van der Waals surface area contributed by atoms with Gasteiger partial charge in [0, 0.05) is 36.2 Å². The van der Waals surface area contributed by atoms with E-state index < -0.39 is 5.63 Å². The summed E-state index contributed by atoms with van der Waals surface area (Å²) in [6.07, 6.45) is 0.710. The number of rotatable bonds is 5. The number of hydrogen-bond donors (Lipinski definition) is 1. The molecule has 0 aliphatic rings. The van der Waals surface area contributed by atoms with E-state index in [1.807, 2.05) is 29.8 Å². The Morgan fingerprint density at radius 2 is 1.93 bits per heavy atom. The summed E-state index contributed by atoms with van der Waals surface area (Å²) in [6.45, 7) is 1.73. The van der Waals surface area contributed by atoms with E-state index in [1.54, 1.807) is 19.1 Å². The molecule has 0 bridgehead atoms. The Morgan fingerprint density at radius 3 is 2.71 bits per heavy atom. The molecule has 0 unspecified atom stereocenters. The molecule has 2 heterocycles. The van der Waals surface area contributed by atoms with Crippen LogP contribution < -0.4 is 5.63 Å². The van der Waals surface area contributed by atoms with Crippen LogP contribution in [0.4, 0.5) is 0 Å². The highest BCUT2D eigenvalue weighted by Gasteiger charge is 2.14. The Bertz CT molecular complexity index is 1200. The van der Waals surface area contributed by atoms with Crippen molar-refractivity contribution in [1.82, 2.24) is 14.8 Å². The van der Waals surface area contributed by atoms with Crippen molar-refractivity contribution in [2.75, 3.05) is 0 Å². The SMILES string of the molecule is Cc1c(O)ccc2c(CSc3nnc(Cc4ccccc4)n3C)cc(=O)oc12. The minimum absolute atomic E-state index is 0.110. The minimum atomic E-state index is -0.431. The van der Waals surface area contributed by atoms with Crippen LogP contribution in [0.1, 0.15) is 22.5 Å². The van der Waals surface area contributed by atoms with Crippen molar-refractivity contribution >= 4 is 22.7 Å². The fraction of sp³-hybridized carbons (Fsp3) is 0.190. The molecular weight excluding hydrogens is 374 g/mol. The highest BCUT2D eigenvalue weighted by molar-refractivity contribution is 7.98. The number of hydrogen-bond acceptors (Lipinski definition) is 6. The molecular formula is C21H19N3O3S. The minimum Gasteiger partial charge on any atom is -0.508 e. The zero-order valence-corrected chi connectivity index (χ0v) is 16.4. The van der Waals surface area contributed by atoms with E-state index >= 15 is 0 Å². The summed E-state index contributed by atoms with van der Waals surface area (Å²) in [6, 6.07) is 15.0. The molecule has 142 valence electrons. The van der Waals surface area contributed by atoms with Gasteiger partial charge >= 0.3 is 5.63 Å². The standard InChI is InChI=1S/C21H19N3O3S/c1-13-17(25)9-8-16-15(11-19(26)27-20(13)16)12-28-21-23-22-18(24(21)2)10-14-6-4-3-5-7-14/h3-9,11,25H,10,12H2,1-2H3. The Balaban J connectivity index is 1.59. The molecule has 0 amide bonds. The zero-order chi connectivity index (χ0) is 19.7. The van der Waals surface area contributed by atoms with Crippen molar-refractivity contribution in [2.24, 2.45) is 7.05 Å². The van der Waals surface area contributed by atoms with E-state index in [4.69, 9.17) is 4.42 Å². The summed E-state index contributed by atoms with van der Waals surface area (Å²) >= 11 is 1.51. The van der Waals surface area contributed by atoms with Gasteiger partial charge < -0.3 is 14.1 Å². The van der Waals surface area contributed by atoms with E-state index in [9.17, 15) is 9.90 Å². The van der Waals surface area contributed by atoms with Crippen LogP contribution in [-0.4, -0.2) is 19.9 Å². The van der Waals surface area contributed by atoms with Gasteiger partial charge in [-0.05, 0) is 30.2 Å². The Labute approximate surface area is 165 Å². The van der Waals surface area contributed by atoms with E-state index in [2.05, 4.69) is 22.3 Å². The highest BCUT2D eigenvalue weighted by atomic mass is 32.2. The second-order valence-corrected chi connectivity index (χ2v) is 7.53. The summed E-state index contributed by atoms with van der Waals surface area (Å²) in [5.74, 6) is 1.54. The molecule has 4 aromatic rings. The van der Waals surface area contributed by atoms with Crippen LogP contribution in [0.5, 0.6) is 5.75 Å². The van der Waals surface area contributed by atoms with Crippen molar-refractivity contribution in [3.63, 3.8) is 0 Å². The molecule has 2 aromatic carbocycles. The number of aromatic hydroxyl groups is 1. The van der Waals surface area contributed by atoms with Gasteiger partial charge in [-0.3, -0.25) is 0 Å². The van der Waals surface area contributed by atoms with Gasteiger partial charge in [0.2, 0.25) is 0 Å². The molecule has 7 heteroatoms. The van der Waals surface area contributed by atoms with Crippen molar-refractivity contribution in [3.8, 4) is 5.75 Å². The molecule has 0 spiro atoms. The van der Waals surface area contributed by atoms with Crippen LogP contribution >= 0.6 is 11.8 Å². The molecule has 0 aliphatic carbocycles. The first-order chi connectivity index (χ1) is 13.5. The third kappa shape index (κ3) is 3.53. The fourth-order valence-corrected chi connectivity index (χ4v) is 4.00. The second-order valence-electron chi connectivity index (χ2n) is 6.59. The Kier molecular flexibility index (Phi) is 4.92. The smallest absolute Gasteiger partial charge is 0.336 e. The molecule has 0 saturated carbocycles. The topological polar surface area (TPSA) is 81.2 Å². The van der Waals surface area contributed by atoms with Crippen molar-refractivity contribution in [3.05, 3.63) is 81.5 Å². The van der Waals surface area contributed by atoms with E-state index in [0.717, 1.165) is 21.9 Å². The number of aryl methyl sites for hydroxylation is 1. The van der Waals surface area contributed by atoms with Crippen LogP contribution in [-0.2, 0) is 19.2 Å². The first-order valence-electron chi connectivity index (χ1n) is 8.83. The first kappa shape index (κ1) is 18.3. The summed E-state index contributed by atoms with van der Waals surface area (Å²) in [7, 11) is 1.94. The average molecular weight is 393 g/mol. The van der Waals surface area contributed by atoms with Gasteiger partial charge in [-0.1, -0.05) is 42.1 Å². The van der Waals surface area contributed by atoms with Gasteiger partial charge in [0.15, 0.2) is 5.16 Å². The maximum absolute atomic E-state index is 12.0. The molecule has 0 fully saturated rings. The van der Waals surface area contributed by atoms with E-state index in [1.165, 1.54) is 23.4 Å². The molecule has 1 N–H and O–H groups in total. The Morgan fingerprint density at radius 1 is 1.14 bits per heavy atom. The van der Waals surface area contributed by atoms with Crippen LogP contribution in [0.2, 0.25) is 0 Å². The third-order valence-corrected chi connectivity index (χ3v) is 5.77. The largest absolute Gasteiger partial charge is 0.508 e. The Hall–Kier alpha value is -3.06. The molecule has 28 heavy (non-hydrogen) atoms. The molecule has 0 saturated heterocycles. The summed E-state index contributed by atoms with van der Waals surface area (Å²) in [5, 5.41) is 20.1. The van der Waals surface area contributed by atoms with Crippen LogP contribution in [0, 0.1) is 6.92 Å². The van der Waals surface area contributed by atoms with Crippen molar-refractivity contribution in [1.29, 1.82) is 0 Å². The number of benzene rings is 2. The summed E-state index contributed by atoms with van der Waals surface area (Å²) in [5.41, 5.74) is 2.57. The molecule has 4 rings (SSSR count). The normalized spacial score (nSPS) is 11.2. The summed E-state index contributed by atoms with van der Waals surface area (Å²) < 4.78 is 7.28. The number of aromatic nitrogens is 3. The van der Waals surface area contributed by atoms with Gasteiger partial charge in [-0.25, -0.2) is 4.79 Å². The van der Waals surface area contributed by atoms with Gasteiger partial charge in [-0.15, -0.1) is 10.2 Å². The van der Waals surface area contributed by atoms with Crippen LogP contribution in [0.25, 0.3) is 11.0 Å². The van der Waals surface area contributed by atoms with Gasteiger partial charge in [-0.2, -0.15) is 0 Å². The van der Waals surface area contributed by atoms with Crippen molar-refractivity contribution in [2.45, 2.75) is 24.3 Å². The average Bonchev–Trinajstić information content (AvgIpc) is 3.03. The summed E-state index contributed by atoms with van der Waals surface area (Å²) in [4.78, 5) is 12.0.